The number of carbonyl (C=O) groups excluding carboxylic acids is 1. The van der Waals surface area contributed by atoms with Crippen molar-refractivity contribution in [1.82, 2.24) is 0 Å². The molecular weight excluding hydrogens is 262 g/mol. The summed E-state index contributed by atoms with van der Waals surface area (Å²) in [4.78, 5) is 11.0. The van der Waals surface area contributed by atoms with Crippen molar-refractivity contribution in [2.24, 2.45) is 0 Å². The third-order valence-corrected chi connectivity index (χ3v) is 2.74. The number of rotatable bonds is 3. The molecule has 0 saturated carbocycles. The summed E-state index contributed by atoms with van der Waals surface area (Å²) < 4.78 is 4.54. The van der Waals surface area contributed by atoms with E-state index in [4.69, 9.17) is 5.73 Å². The average Bonchev–Trinajstić information content (AvgIpc) is 2.55. The molecule has 0 aliphatic carbocycles. The van der Waals surface area contributed by atoms with E-state index in [1.807, 2.05) is 36.4 Å². The van der Waals surface area contributed by atoms with Gasteiger partial charge in [-0.25, -0.2) is 4.79 Å². The lowest BCUT2D eigenvalue weighted by atomic mass is 10.1. The molecule has 2 aromatic rings. The summed E-state index contributed by atoms with van der Waals surface area (Å²) in [5.74, 6) is -0.314. The van der Waals surface area contributed by atoms with E-state index in [2.05, 4.69) is 17.9 Å². The van der Waals surface area contributed by atoms with Gasteiger partial charge in [0.1, 0.15) is 0 Å². The van der Waals surface area contributed by atoms with E-state index in [0.717, 1.165) is 16.8 Å². The number of esters is 1. The van der Waals surface area contributed by atoms with E-state index in [1.165, 1.54) is 7.11 Å². The summed E-state index contributed by atoms with van der Waals surface area (Å²) in [5, 5.41) is 0. The number of anilines is 1. The topological polar surface area (TPSA) is 52.3 Å². The number of nitrogens with two attached hydrogens (primary N) is 1. The van der Waals surface area contributed by atoms with Gasteiger partial charge in [-0.3, -0.25) is 0 Å². The second-order valence-corrected chi connectivity index (χ2v) is 4.19. The molecule has 0 heterocycles. The third-order valence-electron chi connectivity index (χ3n) is 2.74. The van der Waals surface area contributed by atoms with Gasteiger partial charge in [0.2, 0.25) is 0 Å². The van der Waals surface area contributed by atoms with Crippen LogP contribution in [0.3, 0.4) is 0 Å². The zero-order chi connectivity index (χ0) is 15.7. The minimum Gasteiger partial charge on any atom is -0.465 e. The lowest BCUT2D eigenvalue weighted by Gasteiger charge is -1.98. The molecule has 0 aliphatic heterocycles. The van der Waals surface area contributed by atoms with Crippen molar-refractivity contribution in [3.63, 3.8) is 0 Å². The summed E-state index contributed by atoms with van der Waals surface area (Å²) >= 11 is 0. The van der Waals surface area contributed by atoms with Crippen LogP contribution in [0.25, 0.3) is 12.2 Å². The fourth-order valence-corrected chi connectivity index (χ4v) is 1.51. The number of nitrogen functional groups attached to an aromatic ring is 1. The minimum atomic E-state index is -0.314. The minimum absolute atomic E-state index is 0.314. The Morgan fingerprint density at radius 1 is 0.952 bits per heavy atom. The molecule has 0 saturated heterocycles. The lowest BCUT2D eigenvalue weighted by molar-refractivity contribution is 0.0601. The molecule has 0 amide bonds. The van der Waals surface area contributed by atoms with Crippen LogP contribution >= 0.6 is 0 Å². The molecule has 2 aromatic carbocycles. The molecule has 0 atom stereocenters. The monoisotopic (exact) mass is 281 g/mol. The van der Waals surface area contributed by atoms with Crippen LogP contribution in [0.4, 0.5) is 5.69 Å². The normalized spacial score (nSPS) is 9.00. The van der Waals surface area contributed by atoms with E-state index in [1.54, 1.807) is 24.3 Å². The number of benzene rings is 2. The van der Waals surface area contributed by atoms with E-state index < -0.39 is 0 Å². The predicted molar refractivity (Wildman–Crippen MR) is 88.8 cm³/mol. The van der Waals surface area contributed by atoms with Crippen LogP contribution in [0.1, 0.15) is 21.5 Å². The fraction of sp³-hybridized carbons (Fsp3) is 0.0556. The van der Waals surface area contributed by atoms with Crippen molar-refractivity contribution < 1.29 is 9.53 Å². The quantitative estimate of drug-likeness (QED) is 0.682. The van der Waals surface area contributed by atoms with Crippen LogP contribution in [-0.2, 0) is 4.74 Å². The molecule has 3 nitrogen and oxygen atoms in total. The summed E-state index contributed by atoms with van der Waals surface area (Å²) in [5.41, 5.74) is 8.89. The van der Waals surface area contributed by atoms with Gasteiger partial charge in [-0.1, -0.05) is 49.6 Å². The molecule has 0 fully saturated rings. The van der Waals surface area contributed by atoms with Crippen LogP contribution in [-0.4, -0.2) is 13.1 Å². The molecule has 3 heteroatoms. The Hall–Kier alpha value is -2.81. The molecule has 0 radical (unpaired) electrons. The highest BCUT2D eigenvalue weighted by atomic mass is 16.5. The second kappa shape index (κ2) is 8.38. The highest BCUT2D eigenvalue weighted by Crippen LogP contribution is 2.06. The van der Waals surface area contributed by atoms with Gasteiger partial charge in [0, 0.05) is 5.69 Å². The van der Waals surface area contributed by atoms with E-state index in [0.29, 0.717) is 5.56 Å². The van der Waals surface area contributed by atoms with Crippen LogP contribution in [0.15, 0.2) is 61.7 Å². The zero-order valence-electron chi connectivity index (χ0n) is 12.1. The summed E-state index contributed by atoms with van der Waals surface area (Å²) in [6, 6.07) is 14.6. The molecule has 108 valence electrons. The number of methoxy groups -OCH3 is 1. The second-order valence-electron chi connectivity index (χ2n) is 4.19. The Morgan fingerprint density at radius 2 is 1.38 bits per heavy atom. The number of hydrogen-bond donors (Lipinski definition) is 1. The molecule has 0 unspecified atom stereocenters. The molecular formula is C18H19NO2. The van der Waals surface area contributed by atoms with Crippen molar-refractivity contribution in [1.29, 1.82) is 0 Å². The Bertz CT molecular complexity index is 598. The van der Waals surface area contributed by atoms with Gasteiger partial charge in [-0.15, -0.1) is 0 Å². The molecule has 2 rings (SSSR count). The van der Waals surface area contributed by atoms with Gasteiger partial charge in [-0.2, -0.15) is 0 Å². The number of hydrogen-bond acceptors (Lipinski definition) is 3. The summed E-state index contributed by atoms with van der Waals surface area (Å²) in [6.07, 6.45) is 3.51. The Labute approximate surface area is 125 Å². The van der Waals surface area contributed by atoms with Gasteiger partial charge in [0.05, 0.1) is 12.7 Å². The Balaban J connectivity index is 0.000000219. The molecule has 0 bridgehead atoms. The number of carbonyl (C=O) groups is 1. The first-order chi connectivity index (χ1) is 10.1. The van der Waals surface area contributed by atoms with Gasteiger partial charge >= 0.3 is 5.97 Å². The Kier molecular flexibility index (Phi) is 6.48. The van der Waals surface area contributed by atoms with Gasteiger partial charge in [0.25, 0.3) is 0 Å². The number of ether oxygens (including phenoxy) is 1. The maximum Gasteiger partial charge on any atom is 0.337 e. The van der Waals surface area contributed by atoms with Crippen molar-refractivity contribution in [3.8, 4) is 0 Å². The van der Waals surface area contributed by atoms with Crippen LogP contribution in [0, 0.1) is 0 Å². The Morgan fingerprint density at radius 3 is 1.76 bits per heavy atom. The zero-order valence-corrected chi connectivity index (χ0v) is 12.1. The summed E-state index contributed by atoms with van der Waals surface area (Å²) in [7, 11) is 1.36. The molecule has 0 aliphatic rings. The van der Waals surface area contributed by atoms with Gasteiger partial charge in [-0.05, 0) is 35.4 Å². The predicted octanol–water partition coefficient (Wildman–Crippen LogP) is 4.03. The average molecular weight is 281 g/mol. The first-order valence-electron chi connectivity index (χ1n) is 6.39. The highest BCUT2D eigenvalue weighted by Gasteiger charge is 2.02. The van der Waals surface area contributed by atoms with E-state index in [9.17, 15) is 4.79 Å². The maximum atomic E-state index is 11.0. The first kappa shape index (κ1) is 16.2. The maximum absolute atomic E-state index is 11.0. The van der Waals surface area contributed by atoms with Crippen LogP contribution < -0.4 is 5.73 Å². The molecule has 21 heavy (non-hydrogen) atoms. The van der Waals surface area contributed by atoms with Crippen molar-refractivity contribution in [3.05, 3.63) is 78.4 Å². The lowest BCUT2D eigenvalue weighted by Crippen LogP contribution is -2.00. The van der Waals surface area contributed by atoms with Crippen molar-refractivity contribution in [2.45, 2.75) is 0 Å². The molecule has 2 N–H and O–H groups in total. The largest absolute Gasteiger partial charge is 0.465 e. The van der Waals surface area contributed by atoms with Crippen molar-refractivity contribution >= 4 is 23.8 Å². The van der Waals surface area contributed by atoms with Crippen LogP contribution in [0.5, 0.6) is 0 Å². The molecule has 0 spiro atoms. The third kappa shape index (κ3) is 5.37. The van der Waals surface area contributed by atoms with Gasteiger partial charge in [0.15, 0.2) is 0 Å². The fourth-order valence-electron chi connectivity index (χ4n) is 1.51. The SMILES string of the molecule is C=Cc1ccc(C(=O)OC)cc1.C=Cc1ccc(N)cc1. The van der Waals surface area contributed by atoms with Gasteiger partial charge < -0.3 is 10.5 Å². The first-order valence-corrected chi connectivity index (χ1v) is 6.39. The summed E-state index contributed by atoms with van der Waals surface area (Å²) in [6.45, 7) is 7.23. The van der Waals surface area contributed by atoms with E-state index in [-0.39, 0.29) is 5.97 Å². The smallest absolute Gasteiger partial charge is 0.337 e. The highest BCUT2D eigenvalue weighted by molar-refractivity contribution is 5.89. The van der Waals surface area contributed by atoms with E-state index >= 15 is 0 Å². The molecule has 0 aromatic heterocycles. The standard InChI is InChI=1S/C10H10O2.C8H9N/c1-3-8-4-6-9(7-5-8)10(11)12-2;1-2-7-3-5-8(9)6-4-7/h3-7H,1H2,2H3;2-6H,1,9H2. The van der Waals surface area contributed by atoms with Crippen LogP contribution in [0.2, 0.25) is 0 Å². The van der Waals surface area contributed by atoms with Crippen molar-refractivity contribution in [2.75, 3.05) is 12.8 Å².